The van der Waals surface area contributed by atoms with Crippen molar-refractivity contribution in [1.82, 2.24) is 15.1 Å². The topological polar surface area (TPSA) is 18.5 Å². The third-order valence-corrected chi connectivity index (χ3v) is 4.38. The lowest BCUT2D eigenvalue weighted by molar-refractivity contribution is 0.149. The quantitative estimate of drug-likeness (QED) is 0.594. The van der Waals surface area contributed by atoms with E-state index in [1.807, 2.05) is 0 Å². The summed E-state index contributed by atoms with van der Waals surface area (Å²) < 4.78 is 0. The molecule has 0 spiro atoms. The molecule has 1 rings (SSSR count). The highest BCUT2D eigenvalue weighted by Crippen LogP contribution is 2.27. The van der Waals surface area contributed by atoms with Crippen LogP contribution in [0.3, 0.4) is 0 Å². The Hall–Kier alpha value is -0.120. The average Bonchev–Trinajstić information content (AvgIpc) is 3.19. The summed E-state index contributed by atoms with van der Waals surface area (Å²) in [5.41, 5.74) is 0.436. The molecule has 0 amide bonds. The molecule has 0 radical (unpaired) electrons. The van der Waals surface area contributed by atoms with Gasteiger partial charge in [-0.1, -0.05) is 27.2 Å². The van der Waals surface area contributed by atoms with Crippen LogP contribution in [-0.4, -0.2) is 62.7 Å². The number of hydrogen-bond acceptors (Lipinski definition) is 3. The van der Waals surface area contributed by atoms with Crippen LogP contribution in [0.15, 0.2) is 0 Å². The maximum absolute atomic E-state index is 3.75. The third kappa shape index (κ3) is 7.61. The van der Waals surface area contributed by atoms with Gasteiger partial charge in [0.25, 0.3) is 0 Å². The Morgan fingerprint density at radius 3 is 2.35 bits per heavy atom. The Balaban J connectivity index is 2.38. The van der Waals surface area contributed by atoms with Gasteiger partial charge in [-0.2, -0.15) is 0 Å². The van der Waals surface area contributed by atoms with Gasteiger partial charge in [-0.05, 0) is 64.8 Å². The molecule has 0 aliphatic heterocycles. The van der Waals surface area contributed by atoms with Gasteiger partial charge in [0.2, 0.25) is 0 Å². The summed E-state index contributed by atoms with van der Waals surface area (Å²) in [4.78, 5) is 4.93. The molecule has 1 aliphatic carbocycles. The number of nitrogens with zero attached hydrogens (tertiary/aromatic N) is 2. The van der Waals surface area contributed by atoms with Crippen molar-refractivity contribution < 1.29 is 0 Å². The minimum atomic E-state index is 0.436. The van der Waals surface area contributed by atoms with E-state index < -0.39 is 0 Å². The molecule has 0 bridgehead atoms. The van der Waals surface area contributed by atoms with Crippen molar-refractivity contribution in [3.05, 3.63) is 0 Å². The fourth-order valence-corrected chi connectivity index (χ4v) is 3.00. The summed E-state index contributed by atoms with van der Waals surface area (Å²) in [6.45, 7) is 13.1. The number of hydrogen-bond donors (Lipinski definition) is 1. The molecule has 0 heterocycles. The highest BCUT2D eigenvalue weighted by atomic mass is 15.1. The van der Waals surface area contributed by atoms with E-state index in [0.717, 1.165) is 6.04 Å². The van der Waals surface area contributed by atoms with Gasteiger partial charge in [0.05, 0.1) is 0 Å². The second kappa shape index (κ2) is 9.01. The van der Waals surface area contributed by atoms with Crippen molar-refractivity contribution in [1.29, 1.82) is 0 Å². The van der Waals surface area contributed by atoms with Crippen LogP contribution in [0.25, 0.3) is 0 Å². The number of rotatable bonds is 12. The molecule has 0 aromatic heterocycles. The Bertz CT molecular complexity index is 251. The van der Waals surface area contributed by atoms with Crippen molar-refractivity contribution in [3.8, 4) is 0 Å². The van der Waals surface area contributed by atoms with Gasteiger partial charge in [-0.25, -0.2) is 0 Å². The molecule has 1 saturated carbocycles. The molecule has 1 atom stereocenters. The maximum Gasteiger partial charge on any atom is 0.00684 e. The largest absolute Gasteiger partial charge is 0.313 e. The lowest BCUT2D eigenvalue weighted by Gasteiger charge is -2.36. The van der Waals surface area contributed by atoms with E-state index in [0.29, 0.717) is 5.41 Å². The zero-order chi connectivity index (χ0) is 15.0. The van der Waals surface area contributed by atoms with Crippen molar-refractivity contribution in [2.75, 3.05) is 46.8 Å². The number of nitrogens with one attached hydrogen (secondary N) is 1. The standard InChI is InChI=1S/C17H37N3/c1-6-11-17(3,14-18-16-9-10-16)15-20(7-2)13-8-12-19(4)5/h16,18H,6-15H2,1-5H3. The molecule has 1 fully saturated rings. The molecule has 20 heavy (non-hydrogen) atoms. The zero-order valence-electron chi connectivity index (χ0n) is 14.5. The highest BCUT2D eigenvalue weighted by molar-refractivity contribution is 4.87. The van der Waals surface area contributed by atoms with Gasteiger partial charge in [0.1, 0.15) is 0 Å². The van der Waals surface area contributed by atoms with E-state index in [1.54, 1.807) is 0 Å². The van der Waals surface area contributed by atoms with Gasteiger partial charge in [-0.15, -0.1) is 0 Å². The fraction of sp³-hybridized carbons (Fsp3) is 1.00. The molecular weight excluding hydrogens is 246 g/mol. The predicted octanol–water partition coefficient (Wildman–Crippen LogP) is 2.82. The molecule has 3 heteroatoms. The van der Waals surface area contributed by atoms with Crippen LogP contribution in [-0.2, 0) is 0 Å². The van der Waals surface area contributed by atoms with E-state index in [2.05, 4.69) is 50.0 Å². The molecule has 1 N–H and O–H groups in total. The first kappa shape index (κ1) is 17.9. The van der Waals surface area contributed by atoms with Crippen molar-refractivity contribution in [2.24, 2.45) is 5.41 Å². The molecule has 1 unspecified atom stereocenters. The van der Waals surface area contributed by atoms with Crippen LogP contribution >= 0.6 is 0 Å². The van der Waals surface area contributed by atoms with Crippen molar-refractivity contribution in [2.45, 2.75) is 58.9 Å². The van der Waals surface area contributed by atoms with Crippen LogP contribution in [0.5, 0.6) is 0 Å². The lowest BCUT2D eigenvalue weighted by Crippen LogP contribution is -2.43. The minimum Gasteiger partial charge on any atom is -0.313 e. The Kier molecular flexibility index (Phi) is 8.08. The summed E-state index contributed by atoms with van der Waals surface area (Å²) in [7, 11) is 4.33. The highest BCUT2D eigenvalue weighted by Gasteiger charge is 2.29. The summed E-state index contributed by atoms with van der Waals surface area (Å²) in [6, 6.07) is 0.829. The summed E-state index contributed by atoms with van der Waals surface area (Å²) in [5, 5.41) is 3.75. The normalized spacial score (nSPS) is 18.8. The second-order valence-electron chi connectivity index (χ2n) is 7.24. The molecule has 0 saturated heterocycles. The molecule has 0 aromatic carbocycles. The Labute approximate surface area is 127 Å². The first-order chi connectivity index (χ1) is 9.49. The molecule has 120 valence electrons. The summed E-state index contributed by atoms with van der Waals surface area (Å²) in [6.07, 6.45) is 6.68. The van der Waals surface area contributed by atoms with E-state index in [9.17, 15) is 0 Å². The van der Waals surface area contributed by atoms with E-state index in [-0.39, 0.29) is 0 Å². The molecule has 1 aliphatic rings. The average molecular weight is 284 g/mol. The van der Waals surface area contributed by atoms with Crippen LogP contribution in [0, 0.1) is 5.41 Å². The van der Waals surface area contributed by atoms with Crippen molar-refractivity contribution in [3.63, 3.8) is 0 Å². The van der Waals surface area contributed by atoms with Crippen LogP contribution < -0.4 is 5.32 Å². The first-order valence-electron chi connectivity index (χ1n) is 8.59. The second-order valence-corrected chi connectivity index (χ2v) is 7.24. The minimum absolute atomic E-state index is 0.436. The van der Waals surface area contributed by atoms with Crippen LogP contribution in [0.2, 0.25) is 0 Å². The zero-order valence-corrected chi connectivity index (χ0v) is 14.5. The van der Waals surface area contributed by atoms with E-state index in [1.165, 1.54) is 64.8 Å². The Morgan fingerprint density at radius 2 is 1.85 bits per heavy atom. The Morgan fingerprint density at radius 1 is 1.15 bits per heavy atom. The van der Waals surface area contributed by atoms with Crippen LogP contribution in [0.1, 0.15) is 52.9 Å². The van der Waals surface area contributed by atoms with E-state index >= 15 is 0 Å². The van der Waals surface area contributed by atoms with Crippen LogP contribution in [0.4, 0.5) is 0 Å². The molecule has 0 aromatic rings. The monoisotopic (exact) mass is 283 g/mol. The maximum atomic E-state index is 3.75. The summed E-state index contributed by atoms with van der Waals surface area (Å²) in [5.74, 6) is 0. The molecular formula is C17H37N3. The molecule has 3 nitrogen and oxygen atoms in total. The van der Waals surface area contributed by atoms with Gasteiger partial charge in [0, 0.05) is 19.1 Å². The van der Waals surface area contributed by atoms with Gasteiger partial charge < -0.3 is 15.1 Å². The van der Waals surface area contributed by atoms with Gasteiger partial charge in [0.15, 0.2) is 0 Å². The fourth-order valence-electron chi connectivity index (χ4n) is 3.00. The van der Waals surface area contributed by atoms with E-state index in [4.69, 9.17) is 0 Å². The van der Waals surface area contributed by atoms with Gasteiger partial charge in [-0.3, -0.25) is 0 Å². The lowest BCUT2D eigenvalue weighted by atomic mass is 9.84. The third-order valence-electron chi connectivity index (χ3n) is 4.38. The predicted molar refractivity (Wildman–Crippen MR) is 89.3 cm³/mol. The smallest absolute Gasteiger partial charge is 0.00684 e. The summed E-state index contributed by atoms with van der Waals surface area (Å²) >= 11 is 0. The van der Waals surface area contributed by atoms with Gasteiger partial charge >= 0.3 is 0 Å². The van der Waals surface area contributed by atoms with Crippen molar-refractivity contribution >= 4 is 0 Å². The first-order valence-corrected chi connectivity index (χ1v) is 8.59. The SMILES string of the molecule is CCCC(C)(CNC1CC1)CN(CC)CCCN(C)C.